The third-order valence-electron chi connectivity index (χ3n) is 6.53. The van der Waals surface area contributed by atoms with E-state index < -0.39 is 47.0 Å². The Morgan fingerprint density at radius 1 is 1.22 bits per heavy atom. The first kappa shape index (κ1) is 31.5. The zero-order valence-corrected chi connectivity index (χ0v) is 25.8. The van der Waals surface area contributed by atoms with Gasteiger partial charge in [0.05, 0.1) is 6.07 Å². The van der Waals surface area contributed by atoms with Gasteiger partial charge in [-0.2, -0.15) is 4.57 Å². The highest BCUT2D eigenvalue weighted by atomic mass is 32.2. The molecule has 1 aromatic carbocycles. The van der Waals surface area contributed by atoms with Crippen LogP contribution in [0.1, 0.15) is 12.6 Å². The Morgan fingerprint density at radius 3 is 2.60 bits per heavy atom. The molecule has 9 N–H and O–H groups in total. The number of nitrogens with zero attached hydrogens (tertiary/aromatic N) is 5. The summed E-state index contributed by atoms with van der Waals surface area (Å²) in [5.74, 6) is -3.22. The number of aliphatic carboxylic acids is 2. The molecule has 2 aliphatic heterocycles. The average Bonchev–Trinajstić information content (AvgIpc) is 3.43. The minimum absolute atomic E-state index is 0.0153. The fraction of sp³-hybridized carbons (Fsp3) is 0.231. The maximum Gasteiger partial charge on any atom is 0.352 e. The van der Waals surface area contributed by atoms with Crippen molar-refractivity contribution < 1.29 is 38.8 Å². The predicted molar refractivity (Wildman–Crippen MR) is 166 cm³/mol. The fourth-order valence-electron chi connectivity index (χ4n) is 4.39. The van der Waals surface area contributed by atoms with Gasteiger partial charge in [-0.25, -0.2) is 14.6 Å². The molecule has 0 saturated carbocycles. The first-order valence-corrected chi connectivity index (χ1v) is 15.9. The Hall–Kier alpha value is -4.88. The van der Waals surface area contributed by atoms with Crippen LogP contribution in [-0.4, -0.2) is 83.6 Å². The Labute approximate surface area is 267 Å². The number of hydrogen-bond donors (Lipinski definition) is 6. The van der Waals surface area contributed by atoms with Crippen molar-refractivity contribution in [2.75, 3.05) is 28.7 Å². The van der Waals surface area contributed by atoms with E-state index in [1.165, 1.54) is 41.9 Å². The van der Waals surface area contributed by atoms with Gasteiger partial charge in [-0.3, -0.25) is 14.5 Å². The monoisotopic (exact) mass is 672 g/mol. The van der Waals surface area contributed by atoms with Crippen molar-refractivity contribution in [3.63, 3.8) is 0 Å². The molecule has 16 nitrogen and oxygen atoms in total. The van der Waals surface area contributed by atoms with Gasteiger partial charge in [0.25, 0.3) is 11.8 Å². The molecule has 0 spiro atoms. The fourth-order valence-corrected chi connectivity index (χ4v) is 7.46. The molecule has 1 fully saturated rings. The van der Waals surface area contributed by atoms with E-state index in [4.69, 9.17) is 27.1 Å². The summed E-state index contributed by atoms with van der Waals surface area (Å²) < 4.78 is 1.69. The van der Waals surface area contributed by atoms with E-state index in [-0.39, 0.29) is 33.8 Å². The molecule has 5 rings (SSSR count). The molecule has 2 aliphatic rings. The molecule has 0 aliphatic carbocycles. The van der Waals surface area contributed by atoms with Crippen LogP contribution in [0.5, 0.6) is 0 Å². The van der Waals surface area contributed by atoms with Crippen LogP contribution in [0, 0.1) is 0 Å². The van der Waals surface area contributed by atoms with E-state index >= 15 is 0 Å². The number of oxime groups is 1. The van der Waals surface area contributed by atoms with E-state index in [1.54, 1.807) is 4.57 Å². The molecule has 0 radical (unpaired) electrons. The highest BCUT2D eigenvalue weighted by molar-refractivity contribution is 8.01. The maximum absolute atomic E-state index is 13.3. The zero-order chi connectivity index (χ0) is 32.4. The number of anilines is 3. The molecule has 2 amide bonds. The topological polar surface area (TPSA) is 253 Å². The van der Waals surface area contributed by atoms with Gasteiger partial charge in [-0.05, 0) is 36.4 Å². The molecular weight excluding hydrogens is 647 g/mol. The third kappa shape index (κ3) is 6.49. The van der Waals surface area contributed by atoms with E-state index in [9.17, 15) is 24.3 Å². The molecule has 234 valence electrons. The SMILES string of the molecule is C[C@H](O/N=C(\C(=O)NC1C(=O)N2C(C(=O)O)=C(CSc3nc(N)cc(N)[n+]3-c3ccccc3)CS[C@H]12)c1csc(N)n1)C(=O)O. The summed E-state index contributed by atoms with van der Waals surface area (Å²) in [5.41, 5.74) is 18.5. The second-order valence-corrected chi connectivity index (χ2v) is 12.5. The molecule has 4 heterocycles. The number of nitrogens with two attached hydrogens (primary N) is 3. The largest absolute Gasteiger partial charge is 0.478 e. The lowest BCUT2D eigenvalue weighted by atomic mass is 10.0. The van der Waals surface area contributed by atoms with Crippen LogP contribution in [0.3, 0.4) is 0 Å². The molecule has 1 unspecified atom stereocenters. The molecule has 45 heavy (non-hydrogen) atoms. The summed E-state index contributed by atoms with van der Waals surface area (Å²) in [6.07, 6.45) is -1.38. The number of nitrogen functional groups attached to an aromatic ring is 3. The number of rotatable bonds is 11. The smallest absolute Gasteiger partial charge is 0.352 e. The number of para-hydroxylation sites is 1. The van der Waals surface area contributed by atoms with Crippen LogP contribution < -0.4 is 27.1 Å². The van der Waals surface area contributed by atoms with E-state index in [0.29, 0.717) is 16.5 Å². The highest BCUT2D eigenvalue weighted by Crippen LogP contribution is 2.41. The normalized spacial score (nSPS) is 18.6. The van der Waals surface area contributed by atoms with Gasteiger partial charge in [0.2, 0.25) is 17.7 Å². The Bertz CT molecular complexity index is 1750. The van der Waals surface area contributed by atoms with Gasteiger partial charge >= 0.3 is 17.1 Å². The number of thioether (sulfide) groups is 2. The molecular formula is C26H26N9O7S3+. The lowest BCUT2D eigenvalue weighted by Crippen LogP contribution is -2.71. The summed E-state index contributed by atoms with van der Waals surface area (Å²) in [5, 5.41) is 26.7. The summed E-state index contributed by atoms with van der Waals surface area (Å²) in [6, 6.07) is 9.63. The third-order valence-corrected chi connectivity index (χ3v) is 9.56. The first-order valence-electron chi connectivity index (χ1n) is 13.0. The van der Waals surface area contributed by atoms with Gasteiger partial charge < -0.3 is 37.6 Å². The van der Waals surface area contributed by atoms with E-state index in [2.05, 4.69) is 20.4 Å². The highest BCUT2D eigenvalue weighted by Gasteiger charge is 2.54. The number of thiazole rings is 1. The number of carboxylic acids is 2. The van der Waals surface area contributed by atoms with Crippen molar-refractivity contribution in [1.82, 2.24) is 20.2 Å². The predicted octanol–water partition coefficient (Wildman–Crippen LogP) is 0.286. The second-order valence-electron chi connectivity index (χ2n) is 9.56. The minimum Gasteiger partial charge on any atom is -0.478 e. The van der Waals surface area contributed by atoms with Crippen LogP contribution in [0.4, 0.5) is 16.8 Å². The van der Waals surface area contributed by atoms with Crippen LogP contribution in [0.25, 0.3) is 5.69 Å². The number of aromatic nitrogens is 3. The lowest BCUT2D eigenvalue weighted by Gasteiger charge is -2.49. The Morgan fingerprint density at radius 2 is 1.96 bits per heavy atom. The van der Waals surface area contributed by atoms with Crippen molar-refractivity contribution in [2.45, 2.75) is 29.6 Å². The average molecular weight is 673 g/mol. The number of carbonyl (C=O) groups excluding carboxylic acids is 2. The summed E-state index contributed by atoms with van der Waals surface area (Å²) >= 11 is 3.50. The minimum atomic E-state index is -1.38. The molecule has 3 aromatic rings. The number of hydrogen-bond acceptors (Lipinski definition) is 14. The summed E-state index contributed by atoms with van der Waals surface area (Å²) in [6.45, 7) is 1.22. The Balaban J connectivity index is 1.35. The van der Waals surface area contributed by atoms with Crippen molar-refractivity contribution >= 4 is 81.1 Å². The van der Waals surface area contributed by atoms with Crippen LogP contribution in [-0.2, 0) is 24.0 Å². The first-order chi connectivity index (χ1) is 21.5. The maximum atomic E-state index is 13.3. The van der Waals surface area contributed by atoms with Crippen molar-refractivity contribution in [2.24, 2.45) is 5.16 Å². The summed E-state index contributed by atoms with van der Waals surface area (Å²) in [4.78, 5) is 64.5. The number of amides is 2. The van der Waals surface area contributed by atoms with E-state index in [1.807, 2.05) is 30.3 Å². The van der Waals surface area contributed by atoms with Gasteiger partial charge in [0.15, 0.2) is 10.8 Å². The molecule has 1 saturated heterocycles. The van der Waals surface area contributed by atoms with Crippen molar-refractivity contribution in [3.8, 4) is 5.69 Å². The number of benzene rings is 1. The number of carbonyl (C=O) groups is 4. The quantitative estimate of drug-likeness (QED) is 0.0400. The van der Waals surface area contributed by atoms with Gasteiger partial charge in [-0.1, -0.05) is 28.3 Å². The van der Waals surface area contributed by atoms with Crippen LogP contribution >= 0.6 is 34.9 Å². The van der Waals surface area contributed by atoms with Gasteiger partial charge in [0.1, 0.15) is 28.5 Å². The van der Waals surface area contributed by atoms with Crippen LogP contribution in [0.2, 0.25) is 0 Å². The molecule has 19 heteroatoms. The molecule has 3 atom stereocenters. The van der Waals surface area contributed by atoms with Crippen molar-refractivity contribution in [1.29, 1.82) is 0 Å². The van der Waals surface area contributed by atoms with Crippen molar-refractivity contribution in [3.05, 3.63) is 58.7 Å². The van der Waals surface area contributed by atoms with Crippen LogP contribution in [0.15, 0.2) is 63.4 Å². The number of fused-ring (bicyclic) bond motifs is 1. The number of carboxylic acid groups (broad SMARTS) is 2. The van der Waals surface area contributed by atoms with Gasteiger partial charge in [-0.15, -0.1) is 23.1 Å². The molecule has 0 bridgehead atoms. The van der Waals surface area contributed by atoms with Gasteiger partial charge in [0, 0.05) is 16.9 Å². The number of nitrogens with one attached hydrogen (secondary N) is 1. The lowest BCUT2D eigenvalue weighted by molar-refractivity contribution is -0.626. The van der Waals surface area contributed by atoms with E-state index in [0.717, 1.165) is 21.9 Å². The Kier molecular flexibility index (Phi) is 9.11. The standard InChI is InChI=1S/C26H25N9O7S3/c1-11(23(38)39)42-33-17(14-10-44-25(29)30-14)20(36)32-18-21(37)35-19(24(40)41)12(8-43-22(18)35)9-45-26-31-15(27)7-16(28)34(26)13-5-3-2-4-6-13/h2-7,10-11,18,22H,8-9H2,1H3,(H8,27,28,29,30,32,36,38,39,40,41)/p+1/b33-17-/t11-,18?,22+/m0/s1. The zero-order valence-electron chi connectivity index (χ0n) is 23.3. The number of β-lactam (4-membered cyclic amide) rings is 1. The second kappa shape index (κ2) is 13.0. The molecule has 2 aromatic heterocycles. The summed E-state index contributed by atoms with van der Waals surface area (Å²) in [7, 11) is 0.